The van der Waals surface area contributed by atoms with Crippen LogP contribution in [0.25, 0.3) is 5.69 Å². The van der Waals surface area contributed by atoms with E-state index < -0.39 is 5.60 Å². The van der Waals surface area contributed by atoms with E-state index in [1.165, 1.54) is 4.80 Å². The van der Waals surface area contributed by atoms with Crippen LogP contribution in [0, 0.1) is 6.92 Å². The van der Waals surface area contributed by atoms with Crippen LogP contribution < -0.4 is 0 Å². The van der Waals surface area contributed by atoms with Crippen LogP contribution in [0.15, 0.2) is 41.1 Å². The summed E-state index contributed by atoms with van der Waals surface area (Å²) in [7, 11) is 0. The Morgan fingerprint density at radius 1 is 1.26 bits per heavy atom. The predicted molar refractivity (Wildman–Crippen MR) is 115 cm³/mol. The highest BCUT2D eigenvalue weighted by Crippen LogP contribution is 2.35. The Bertz CT molecular complexity index is 1060. The van der Waals surface area contributed by atoms with E-state index in [0.717, 1.165) is 12.8 Å². The number of benzene rings is 1. The first kappa shape index (κ1) is 21.2. The van der Waals surface area contributed by atoms with Gasteiger partial charge in [0.2, 0.25) is 0 Å². The second kappa shape index (κ2) is 8.26. The molecule has 8 nitrogen and oxygen atoms in total. The second-order valence-electron chi connectivity index (χ2n) is 8.50. The Morgan fingerprint density at radius 2 is 1.97 bits per heavy atom. The molecule has 0 spiro atoms. The molecule has 3 aromatic rings. The minimum absolute atomic E-state index is 0.0183. The summed E-state index contributed by atoms with van der Waals surface area (Å²) in [5.41, 5.74) is 0.764. The van der Waals surface area contributed by atoms with Crippen LogP contribution in [0.2, 0.25) is 0 Å². The molecular formula is C23H29N5O3. The van der Waals surface area contributed by atoms with Gasteiger partial charge in [0.15, 0.2) is 5.89 Å². The third-order valence-electron chi connectivity index (χ3n) is 6.27. The van der Waals surface area contributed by atoms with Crippen LogP contribution >= 0.6 is 0 Å². The zero-order chi connectivity index (χ0) is 22.2. The molecule has 4 rings (SSSR count). The van der Waals surface area contributed by atoms with E-state index >= 15 is 0 Å². The molecule has 3 atom stereocenters. The number of amides is 1. The van der Waals surface area contributed by atoms with Gasteiger partial charge in [0, 0.05) is 12.6 Å². The molecular weight excluding hydrogens is 394 g/mol. The molecule has 164 valence electrons. The van der Waals surface area contributed by atoms with Crippen LogP contribution in [0.5, 0.6) is 0 Å². The van der Waals surface area contributed by atoms with Crippen LogP contribution in [-0.4, -0.2) is 48.5 Å². The van der Waals surface area contributed by atoms with Gasteiger partial charge in [-0.05, 0) is 52.2 Å². The predicted octanol–water partition coefficient (Wildman–Crippen LogP) is 3.59. The Hall–Kier alpha value is -3.00. The maximum Gasteiger partial charge on any atom is 0.256 e. The summed E-state index contributed by atoms with van der Waals surface area (Å²) in [5.74, 6) is 1.14. The summed E-state index contributed by atoms with van der Waals surface area (Å²) < 4.78 is 5.96. The number of oxazole rings is 1. The SMILES string of the molecule is CCC(C)(O)c1nc(C2CCC(C)N(C(=O)c3ccccc3-n3nccn3)C2)oc1C. The smallest absolute Gasteiger partial charge is 0.256 e. The van der Waals surface area contributed by atoms with Crippen molar-refractivity contribution in [3.8, 4) is 5.69 Å². The summed E-state index contributed by atoms with van der Waals surface area (Å²) >= 11 is 0. The Balaban J connectivity index is 1.61. The lowest BCUT2D eigenvalue weighted by atomic mass is 9.92. The highest BCUT2D eigenvalue weighted by atomic mass is 16.4. The van der Waals surface area contributed by atoms with Gasteiger partial charge in [-0.15, -0.1) is 0 Å². The quantitative estimate of drug-likeness (QED) is 0.674. The average Bonchev–Trinajstić information content (AvgIpc) is 3.44. The van der Waals surface area contributed by atoms with Crippen molar-refractivity contribution >= 4 is 5.91 Å². The molecule has 1 fully saturated rings. The number of hydrogen-bond acceptors (Lipinski definition) is 6. The molecule has 3 unspecified atom stereocenters. The number of nitrogens with zero attached hydrogens (tertiary/aromatic N) is 5. The standard InChI is InChI=1S/C23H29N5O3/c1-5-23(4,30)20-16(3)31-21(26-20)17-11-10-15(2)27(14-17)22(29)18-8-6-7-9-19(18)28-24-12-13-25-28/h6-9,12-13,15,17,30H,5,10-11,14H2,1-4H3. The fraction of sp³-hybridized carbons (Fsp3) is 0.478. The van der Waals surface area contributed by atoms with Gasteiger partial charge in [-0.3, -0.25) is 4.79 Å². The molecule has 8 heteroatoms. The van der Waals surface area contributed by atoms with E-state index in [2.05, 4.69) is 22.1 Å². The van der Waals surface area contributed by atoms with E-state index in [1.807, 2.05) is 43.0 Å². The average molecular weight is 424 g/mol. The minimum Gasteiger partial charge on any atom is -0.445 e. The number of likely N-dealkylation sites (tertiary alicyclic amines) is 1. The third-order valence-corrected chi connectivity index (χ3v) is 6.27. The normalized spacial score (nSPS) is 21.1. The minimum atomic E-state index is -1.03. The molecule has 1 aromatic carbocycles. The van der Waals surface area contributed by atoms with Crippen molar-refractivity contribution in [2.75, 3.05) is 6.54 Å². The lowest BCUT2D eigenvalue weighted by Crippen LogP contribution is -2.45. The van der Waals surface area contributed by atoms with Gasteiger partial charge in [-0.2, -0.15) is 15.0 Å². The number of piperidine rings is 1. The molecule has 1 saturated heterocycles. The van der Waals surface area contributed by atoms with E-state index in [9.17, 15) is 9.90 Å². The maximum atomic E-state index is 13.5. The summed E-state index contributed by atoms with van der Waals surface area (Å²) in [6, 6.07) is 7.47. The van der Waals surface area contributed by atoms with Gasteiger partial charge in [0.1, 0.15) is 17.1 Å². The summed E-state index contributed by atoms with van der Waals surface area (Å²) in [6.07, 6.45) is 5.45. The van der Waals surface area contributed by atoms with Gasteiger partial charge in [0.25, 0.3) is 5.91 Å². The van der Waals surface area contributed by atoms with Crippen LogP contribution in [0.4, 0.5) is 0 Å². The molecule has 1 aliphatic rings. The molecule has 0 bridgehead atoms. The van der Waals surface area contributed by atoms with Gasteiger partial charge in [-0.25, -0.2) is 4.98 Å². The number of carbonyl (C=O) groups is 1. The van der Waals surface area contributed by atoms with Crippen molar-refractivity contribution in [3.63, 3.8) is 0 Å². The van der Waals surface area contributed by atoms with Crippen molar-refractivity contribution in [1.82, 2.24) is 24.9 Å². The topological polar surface area (TPSA) is 97.3 Å². The van der Waals surface area contributed by atoms with Crippen molar-refractivity contribution in [2.45, 2.75) is 64.5 Å². The fourth-order valence-electron chi connectivity index (χ4n) is 4.17. The van der Waals surface area contributed by atoms with E-state index in [4.69, 9.17) is 4.42 Å². The molecule has 31 heavy (non-hydrogen) atoms. The Morgan fingerprint density at radius 3 is 2.68 bits per heavy atom. The van der Waals surface area contributed by atoms with Gasteiger partial charge in [-0.1, -0.05) is 19.1 Å². The van der Waals surface area contributed by atoms with Crippen LogP contribution in [0.3, 0.4) is 0 Å². The summed E-state index contributed by atoms with van der Waals surface area (Å²) in [6.45, 7) is 8.08. The van der Waals surface area contributed by atoms with Crippen molar-refractivity contribution in [1.29, 1.82) is 0 Å². The zero-order valence-corrected chi connectivity index (χ0v) is 18.4. The number of carbonyl (C=O) groups excluding carboxylic acids is 1. The van der Waals surface area contributed by atoms with Gasteiger partial charge >= 0.3 is 0 Å². The highest BCUT2D eigenvalue weighted by Gasteiger charge is 2.36. The highest BCUT2D eigenvalue weighted by molar-refractivity contribution is 5.98. The maximum absolute atomic E-state index is 13.5. The number of aromatic nitrogens is 4. The van der Waals surface area contributed by atoms with E-state index in [-0.39, 0.29) is 17.9 Å². The number of rotatable bonds is 5. The number of hydrogen-bond donors (Lipinski definition) is 1. The van der Waals surface area contributed by atoms with Crippen LogP contribution in [-0.2, 0) is 5.60 Å². The van der Waals surface area contributed by atoms with Gasteiger partial charge < -0.3 is 14.4 Å². The van der Waals surface area contributed by atoms with E-state index in [0.29, 0.717) is 41.6 Å². The van der Waals surface area contributed by atoms with Gasteiger partial charge in [0.05, 0.1) is 29.6 Å². The monoisotopic (exact) mass is 423 g/mol. The van der Waals surface area contributed by atoms with Crippen molar-refractivity contribution < 1.29 is 14.3 Å². The largest absolute Gasteiger partial charge is 0.445 e. The van der Waals surface area contributed by atoms with Crippen LogP contribution in [0.1, 0.15) is 73.7 Å². The first-order chi connectivity index (χ1) is 14.8. The lowest BCUT2D eigenvalue weighted by molar-refractivity contribution is 0.0473. The molecule has 2 aromatic heterocycles. The molecule has 1 aliphatic heterocycles. The zero-order valence-electron chi connectivity index (χ0n) is 18.4. The fourth-order valence-corrected chi connectivity index (χ4v) is 4.17. The molecule has 1 amide bonds. The van der Waals surface area contributed by atoms with E-state index in [1.54, 1.807) is 19.3 Å². The second-order valence-corrected chi connectivity index (χ2v) is 8.50. The molecule has 1 N–H and O–H groups in total. The first-order valence-electron chi connectivity index (χ1n) is 10.8. The molecule has 0 saturated carbocycles. The molecule has 0 radical (unpaired) electrons. The summed E-state index contributed by atoms with van der Waals surface area (Å²) in [4.78, 5) is 21.5. The number of aliphatic hydroxyl groups is 1. The lowest BCUT2D eigenvalue weighted by Gasteiger charge is -2.37. The first-order valence-corrected chi connectivity index (χ1v) is 10.8. The Kier molecular flexibility index (Phi) is 5.66. The van der Waals surface area contributed by atoms with Crippen molar-refractivity contribution in [2.24, 2.45) is 0 Å². The van der Waals surface area contributed by atoms with Crippen molar-refractivity contribution in [3.05, 3.63) is 59.6 Å². The third kappa shape index (κ3) is 3.99. The summed E-state index contributed by atoms with van der Waals surface area (Å²) in [5, 5.41) is 19.0. The Labute approximate surface area is 181 Å². The molecule has 3 heterocycles. The number of para-hydroxylation sites is 1. The number of aryl methyl sites for hydroxylation is 1. The molecule has 0 aliphatic carbocycles.